The fourth-order valence-electron chi connectivity index (χ4n) is 2.25. The smallest absolute Gasteiger partial charge is 0.410 e. The summed E-state index contributed by atoms with van der Waals surface area (Å²) in [6.45, 7) is 6.49. The van der Waals surface area contributed by atoms with Crippen LogP contribution in [0.1, 0.15) is 37.5 Å². The highest BCUT2D eigenvalue weighted by molar-refractivity contribution is 5.69. The van der Waals surface area contributed by atoms with Gasteiger partial charge >= 0.3 is 6.09 Å². The van der Waals surface area contributed by atoms with Crippen molar-refractivity contribution in [3.63, 3.8) is 0 Å². The highest BCUT2D eigenvalue weighted by Crippen LogP contribution is 2.37. The molecule has 0 aliphatic carbocycles. The Morgan fingerprint density at radius 2 is 2.00 bits per heavy atom. The Morgan fingerprint density at radius 1 is 1.35 bits per heavy atom. The minimum absolute atomic E-state index is 0.00269. The van der Waals surface area contributed by atoms with Crippen molar-refractivity contribution in [1.82, 2.24) is 4.90 Å². The molecule has 1 aromatic carbocycles. The molecule has 1 aliphatic heterocycles. The van der Waals surface area contributed by atoms with Gasteiger partial charge in [0.05, 0.1) is 6.54 Å². The van der Waals surface area contributed by atoms with Gasteiger partial charge in [-0.15, -0.1) is 0 Å². The molecule has 20 heavy (non-hydrogen) atoms. The Morgan fingerprint density at radius 3 is 2.60 bits per heavy atom. The SMILES string of the molecule is Cc1ccc2c(c1)CN(C(=O)OC(C)(C)C)CC2(F)F. The summed E-state index contributed by atoms with van der Waals surface area (Å²) in [5.41, 5.74) is 0.680. The van der Waals surface area contributed by atoms with E-state index >= 15 is 0 Å². The molecule has 1 aromatic rings. The van der Waals surface area contributed by atoms with Crippen molar-refractivity contribution in [2.24, 2.45) is 0 Å². The van der Waals surface area contributed by atoms with Gasteiger partial charge in [-0.3, -0.25) is 4.90 Å². The van der Waals surface area contributed by atoms with Crippen LogP contribution in [0.15, 0.2) is 18.2 Å². The average Bonchev–Trinajstić information content (AvgIpc) is 2.24. The van der Waals surface area contributed by atoms with Crippen LogP contribution in [0.2, 0.25) is 0 Å². The number of rotatable bonds is 0. The van der Waals surface area contributed by atoms with E-state index in [0.29, 0.717) is 5.56 Å². The van der Waals surface area contributed by atoms with Crippen LogP contribution in [0, 0.1) is 6.92 Å². The normalized spacial score (nSPS) is 17.6. The average molecular weight is 283 g/mol. The number of fused-ring (bicyclic) bond motifs is 1. The molecule has 1 amide bonds. The number of hydrogen-bond donors (Lipinski definition) is 0. The zero-order valence-corrected chi connectivity index (χ0v) is 12.2. The predicted molar refractivity (Wildman–Crippen MR) is 71.7 cm³/mol. The van der Waals surface area contributed by atoms with E-state index in [4.69, 9.17) is 4.74 Å². The molecule has 0 unspecified atom stereocenters. The van der Waals surface area contributed by atoms with Gasteiger partial charge in [-0.2, -0.15) is 8.78 Å². The largest absolute Gasteiger partial charge is 0.444 e. The van der Waals surface area contributed by atoms with Gasteiger partial charge in [0.1, 0.15) is 5.60 Å². The van der Waals surface area contributed by atoms with Crippen LogP contribution in [-0.4, -0.2) is 23.1 Å². The molecule has 1 heterocycles. The first-order valence-electron chi connectivity index (χ1n) is 6.54. The van der Waals surface area contributed by atoms with Crippen LogP contribution in [0.4, 0.5) is 13.6 Å². The van der Waals surface area contributed by atoms with Crippen molar-refractivity contribution >= 4 is 6.09 Å². The van der Waals surface area contributed by atoms with E-state index in [1.54, 1.807) is 32.9 Å². The number of ether oxygens (including phenoxy) is 1. The van der Waals surface area contributed by atoms with Crippen molar-refractivity contribution in [3.05, 3.63) is 34.9 Å². The summed E-state index contributed by atoms with van der Waals surface area (Å²) in [6.07, 6.45) is -0.704. The second-order valence-electron chi connectivity index (χ2n) is 6.20. The maximum atomic E-state index is 14.1. The third-order valence-electron chi connectivity index (χ3n) is 3.06. The van der Waals surface area contributed by atoms with Crippen molar-refractivity contribution < 1.29 is 18.3 Å². The minimum Gasteiger partial charge on any atom is -0.444 e. The molecule has 0 saturated carbocycles. The quantitative estimate of drug-likeness (QED) is 0.724. The van der Waals surface area contributed by atoms with E-state index in [2.05, 4.69) is 0 Å². The Bertz CT molecular complexity index is 535. The van der Waals surface area contributed by atoms with Crippen LogP contribution in [0.3, 0.4) is 0 Å². The molecule has 0 atom stereocenters. The molecule has 0 saturated heterocycles. The topological polar surface area (TPSA) is 29.5 Å². The van der Waals surface area contributed by atoms with Crippen molar-refractivity contribution in [2.45, 2.75) is 45.8 Å². The van der Waals surface area contributed by atoms with Crippen LogP contribution in [0.25, 0.3) is 0 Å². The van der Waals surface area contributed by atoms with Gasteiger partial charge in [-0.25, -0.2) is 4.79 Å². The van der Waals surface area contributed by atoms with Gasteiger partial charge in [0, 0.05) is 12.1 Å². The molecule has 0 fully saturated rings. The summed E-state index contributed by atoms with van der Waals surface area (Å²) in [5.74, 6) is -3.04. The van der Waals surface area contributed by atoms with Gasteiger partial charge < -0.3 is 4.74 Å². The summed E-state index contributed by atoms with van der Waals surface area (Å²) in [4.78, 5) is 13.0. The number of carbonyl (C=O) groups is 1. The van der Waals surface area contributed by atoms with Gasteiger partial charge in [0.2, 0.25) is 0 Å². The predicted octanol–water partition coefficient (Wildman–Crippen LogP) is 3.84. The van der Waals surface area contributed by atoms with E-state index in [-0.39, 0.29) is 12.1 Å². The van der Waals surface area contributed by atoms with E-state index in [1.807, 2.05) is 6.92 Å². The Balaban J connectivity index is 2.28. The molecule has 110 valence electrons. The first-order valence-corrected chi connectivity index (χ1v) is 6.54. The number of alkyl halides is 2. The third-order valence-corrected chi connectivity index (χ3v) is 3.06. The van der Waals surface area contributed by atoms with Crippen LogP contribution in [-0.2, 0) is 17.2 Å². The number of aryl methyl sites for hydroxylation is 1. The molecule has 2 rings (SSSR count). The Kier molecular flexibility index (Phi) is 3.48. The lowest BCUT2D eigenvalue weighted by Crippen LogP contribution is -2.45. The van der Waals surface area contributed by atoms with Gasteiger partial charge in [-0.05, 0) is 33.3 Å². The van der Waals surface area contributed by atoms with Crippen LogP contribution >= 0.6 is 0 Å². The standard InChI is InChI=1S/C15H19F2NO2/c1-10-5-6-12-11(7-10)8-18(9-15(12,16)17)13(19)20-14(2,3)4/h5-7H,8-9H2,1-4H3. The second-order valence-corrected chi connectivity index (χ2v) is 6.20. The maximum Gasteiger partial charge on any atom is 0.410 e. The van der Waals surface area contributed by atoms with Crippen LogP contribution < -0.4 is 0 Å². The summed E-state index contributed by atoms with van der Waals surface area (Å²) in [6, 6.07) is 4.80. The molecular formula is C15H19F2NO2. The maximum absolute atomic E-state index is 14.1. The number of halogens is 2. The Hall–Kier alpha value is -1.65. The monoisotopic (exact) mass is 283 g/mol. The summed E-state index contributed by atoms with van der Waals surface area (Å²) >= 11 is 0. The van der Waals surface area contributed by atoms with Crippen molar-refractivity contribution in [2.75, 3.05) is 6.54 Å². The zero-order valence-electron chi connectivity index (χ0n) is 12.2. The molecular weight excluding hydrogens is 264 g/mol. The van der Waals surface area contributed by atoms with E-state index in [1.165, 1.54) is 6.07 Å². The van der Waals surface area contributed by atoms with Gasteiger partial charge in [0.15, 0.2) is 0 Å². The minimum atomic E-state index is -3.04. The van der Waals surface area contributed by atoms with E-state index < -0.39 is 24.2 Å². The summed E-state index contributed by atoms with van der Waals surface area (Å²) in [5, 5.41) is 0. The van der Waals surface area contributed by atoms with Crippen LogP contribution in [0.5, 0.6) is 0 Å². The first kappa shape index (κ1) is 14.8. The lowest BCUT2D eigenvalue weighted by Gasteiger charge is -2.35. The molecule has 3 nitrogen and oxygen atoms in total. The van der Waals surface area contributed by atoms with E-state index in [9.17, 15) is 13.6 Å². The summed E-state index contributed by atoms with van der Waals surface area (Å²) in [7, 11) is 0. The highest BCUT2D eigenvalue weighted by atomic mass is 19.3. The van der Waals surface area contributed by atoms with Crippen molar-refractivity contribution in [1.29, 1.82) is 0 Å². The fourth-order valence-corrected chi connectivity index (χ4v) is 2.25. The molecule has 0 bridgehead atoms. The number of amides is 1. The third kappa shape index (κ3) is 3.08. The zero-order chi connectivity index (χ0) is 15.1. The van der Waals surface area contributed by atoms with Crippen molar-refractivity contribution in [3.8, 4) is 0 Å². The lowest BCUT2D eigenvalue weighted by atomic mass is 9.95. The van der Waals surface area contributed by atoms with Gasteiger partial charge in [-0.1, -0.05) is 23.8 Å². The Labute approximate surface area is 117 Å². The molecule has 0 spiro atoms. The fraction of sp³-hybridized carbons (Fsp3) is 0.533. The second kappa shape index (κ2) is 4.72. The lowest BCUT2D eigenvalue weighted by molar-refractivity contribution is -0.0591. The number of carbonyl (C=O) groups excluding carboxylic acids is 1. The highest BCUT2D eigenvalue weighted by Gasteiger charge is 2.42. The number of nitrogens with zero attached hydrogens (tertiary/aromatic N) is 1. The molecule has 0 N–H and O–H groups in total. The van der Waals surface area contributed by atoms with E-state index in [0.717, 1.165) is 10.5 Å². The molecule has 5 heteroatoms. The number of benzene rings is 1. The molecule has 0 radical (unpaired) electrons. The van der Waals surface area contributed by atoms with Gasteiger partial charge in [0.25, 0.3) is 5.92 Å². The number of hydrogen-bond acceptors (Lipinski definition) is 2. The summed E-state index contributed by atoms with van der Waals surface area (Å²) < 4.78 is 33.4. The molecule has 0 aromatic heterocycles. The first-order chi connectivity index (χ1) is 9.08. The molecule has 1 aliphatic rings.